The number of rotatable bonds is 4. The molecule has 21 heavy (non-hydrogen) atoms. The van der Waals surface area contributed by atoms with E-state index in [1.54, 1.807) is 18.9 Å². The van der Waals surface area contributed by atoms with Gasteiger partial charge in [0, 0.05) is 28.2 Å². The zero-order valence-corrected chi connectivity index (χ0v) is 13.1. The van der Waals surface area contributed by atoms with Crippen LogP contribution in [0.15, 0.2) is 41.4 Å². The lowest BCUT2D eigenvalue weighted by Gasteiger charge is -2.01. The number of hydrogen-bond acceptors (Lipinski definition) is 4. The van der Waals surface area contributed by atoms with Crippen molar-refractivity contribution in [2.45, 2.75) is 24.5 Å². The molecular weight excluding hydrogens is 282 g/mol. The lowest BCUT2D eigenvalue weighted by atomic mass is 10.3. The van der Waals surface area contributed by atoms with Crippen molar-refractivity contribution in [1.82, 2.24) is 14.4 Å². The van der Waals surface area contributed by atoms with Crippen LogP contribution in [-0.4, -0.2) is 21.5 Å². The second kappa shape index (κ2) is 5.77. The van der Waals surface area contributed by atoms with E-state index in [9.17, 15) is 0 Å². The molecule has 0 N–H and O–H groups in total. The molecule has 0 unspecified atom stereocenters. The molecule has 0 radical (unpaired) electrons. The number of imidazole rings is 1. The van der Waals surface area contributed by atoms with E-state index in [-0.39, 0.29) is 0 Å². The van der Waals surface area contributed by atoms with Crippen LogP contribution in [0.3, 0.4) is 0 Å². The van der Waals surface area contributed by atoms with Gasteiger partial charge in [0.25, 0.3) is 0 Å². The summed E-state index contributed by atoms with van der Waals surface area (Å²) in [7, 11) is 1.68. The minimum Gasteiger partial charge on any atom is -0.497 e. The molecule has 0 bridgehead atoms. The maximum Gasteiger partial charge on any atom is 0.234 e. The van der Waals surface area contributed by atoms with Gasteiger partial charge in [-0.1, -0.05) is 0 Å². The quantitative estimate of drug-likeness (QED) is 0.689. The van der Waals surface area contributed by atoms with Crippen molar-refractivity contribution in [3.63, 3.8) is 0 Å². The monoisotopic (exact) mass is 299 g/mol. The fraction of sp³-hybridized carbons (Fsp3) is 0.250. The van der Waals surface area contributed by atoms with Crippen molar-refractivity contribution in [3.05, 3.63) is 53.6 Å². The molecule has 0 amide bonds. The van der Waals surface area contributed by atoms with Crippen LogP contribution in [-0.2, 0) is 5.75 Å². The Bertz CT molecular complexity index is 765. The lowest BCUT2D eigenvalue weighted by molar-refractivity contribution is 0.414. The number of aromatic nitrogens is 3. The Kier molecular flexibility index (Phi) is 3.84. The summed E-state index contributed by atoms with van der Waals surface area (Å²) in [6.45, 7) is 4.07. The van der Waals surface area contributed by atoms with E-state index in [1.807, 2.05) is 23.5 Å². The standard InChI is InChI=1S/C16H17N3OS/c1-11-8-12(2)19-9-13(18-16(19)17-11)10-21-15-6-4-14(20-3)5-7-15/h4-9H,10H2,1-3H3. The maximum atomic E-state index is 5.16. The number of thioether (sulfide) groups is 1. The molecule has 4 nitrogen and oxygen atoms in total. The first-order chi connectivity index (χ1) is 10.2. The molecule has 0 saturated carbocycles. The first-order valence-corrected chi connectivity index (χ1v) is 7.73. The number of hydrogen-bond donors (Lipinski definition) is 0. The Morgan fingerprint density at radius 2 is 1.90 bits per heavy atom. The van der Waals surface area contributed by atoms with Crippen LogP contribution >= 0.6 is 11.8 Å². The van der Waals surface area contributed by atoms with Gasteiger partial charge in [0.1, 0.15) is 5.75 Å². The zero-order valence-electron chi connectivity index (χ0n) is 12.3. The Labute approximate surface area is 128 Å². The SMILES string of the molecule is COc1ccc(SCc2cn3c(C)cc(C)nc3n2)cc1. The highest BCUT2D eigenvalue weighted by Gasteiger charge is 2.06. The first kappa shape index (κ1) is 13.9. The predicted octanol–water partition coefficient (Wildman–Crippen LogP) is 3.65. The van der Waals surface area contributed by atoms with Crippen LogP contribution in [0.25, 0.3) is 5.78 Å². The molecule has 0 saturated heterocycles. The van der Waals surface area contributed by atoms with E-state index in [0.29, 0.717) is 0 Å². The average molecular weight is 299 g/mol. The lowest BCUT2D eigenvalue weighted by Crippen LogP contribution is -1.94. The van der Waals surface area contributed by atoms with Gasteiger partial charge < -0.3 is 4.74 Å². The highest BCUT2D eigenvalue weighted by Crippen LogP contribution is 2.24. The molecule has 1 aromatic carbocycles. The Balaban J connectivity index is 1.77. The average Bonchev–Trinajstić information content (AvgIpc) is 2.89. The smallest absolute Gasteiger partial charge is 0.234 e. The van der Waals surface area contributed by atoms with Gasteiger partial charge in [-0.3, -0.25) is 4.40 Å². The summed E-state index contributed by atoms with van der Waals surface area (Å²) in [5.41, 5.74) is 3.20. The van der Waals surface area contributed by atoms with E-state index < -0.39 is 0 Å². The second-order valence-electron chi connectivity index (χ2n) is 4.91. The van der Waals surface area contributed by atoms with Crippen LogP contribution in [0.1, 0.15) is 17.1 Å². The number of benzene rings is 1. The number of fused-ring (bicyclic) bond motifs is 1. The summed E-state index contributed by atoms with van der Waals surface area (Å²) < 4.78 is 7.20. The van der Waals surface area contributed by atoms with E-state index in [1.165, 1.54) is 4.90 Å². The van der Waals surface area contributed by atoms with Gasteiger partial charge in [0.15, 0.2) is 0 Å². The maximum absolute atomic E-state index is 5.16. The Morgan fingerprint density at radius 3 is 2.62 bits per heavy atom. The molecule has 0 aliphatic carbocycles. The molecule has 3 aromatic rings. The molecule has 0 aliphatic rings. The van der Waals surface area contributed by atoms with Crippen molar-refractivity contribution in [2.24, 2.45) is 0 Å². The van der Waals surface area contributed by atoms with Gasteiger partial charge in [-0.15, -0.1) is 11.8 Å². The van der Waals surface area contributed by atoms with Gasteiger partial charge in [0.2, 0.25) is 5.78 Å². The van der Waals surface area contributed by atoms with E-state index in [4.69, 9.17) is 4.74 Å². The topological polar surface area (TPSA) is 39.4 Å². The van der Waals surface area contributed by atoms with Crippen molar-refractivity contribution in [2.75, 3.05) is 7.11 Å². The number of ether oxygens (including phenoxy) is 1. The summed E-state index contributed by atoms with van der Waals surface area (Å²) >= 11 is 1.76. The summed E-state index contributed by atoms with van der Waals surface area (Å²) in [5.74, 6) is 2.48. The molecule has 2 aromatic heterocycles. The molecule has 2 heterocycles. The molecule has 0 spiro atoms. The second-order valence-corrected chi connectivity index (χ2v) is 5.95. The number of nitrogens with zero attached hydrogens (tertiary/aromatic N) is 3. The molecule has 108 valence electrons. The summed E-state index contributed by atoms with van der Waals surface area (Å²) in [6.07, 6.45) is 2.06. The third-order valence-corrected chi connectivity index (χ3v) is 4.30. The van der Waals surface area contributed by atoms with Crippen LogP contribution in [0.4, 0.5) is 0 Å². The van der Waals surface area contributed by atoms with Gasteiger partial charge in [-0.2, -0.15) is 0 Å². The fourth-order valence-electron chi connectivity index (χ4n) is 2.22. The van der Waals surface area contributed by atoms with Gasteiger partial charge >= 0.3 is 0 Å². The molecule has 0 aliphatic heterocycles. The Morgan fingerprint density at radius 1 is 1.14 bits per heavy atom. The number of aryl methyl sites for hydroxylation is 2. The summed E-state index contributed by atoms with van der Waals surface area (Å²) in [6, 6.07) is 10.1. The highest BCUT2D eigenvalue weighted by atomic mass is 32.2. The molecular formula is C16H17N3OS. The summed E-state index contributed by atoms with van der Waals surface area (Å²) in [4.78, 5) is 10.3. The molecule has 0 fully saturated rings. The van der Waals surface area contributed by atoms with Gasteiger partial charge in [-0.25, -0.2) is 9.97 Å². The predicted molar refractivity (Wildman–Crippen MR) is 85.0 cm³/mol. The van der Waals surface area contributed by atoms with Crippen LogP contribution < -0.4 is 4.74 Å². The molecule has 3 rings (SSSR count). The molecule has 0 atom stereocenters. The Hall–Kier alpha value is -2.01. The minimum absolute atomic E-state index is 0.776. The zero-order chi connectivity index (χ0) is 14.8. The van der Waals surface area contributed by atoms with Crippen LogP contribution in [0.2, 0.25) is 0 Å². The van der Waals surface area contributed by atoms with Crippen molar-refractivity contribution in [1.29, 1.82) is 0 Å². The minimum atomic E-state index is 0.776. The molecule has 5 heteroatoms. The van der Waals surface area contributed by atoms with E-state index in [2.05, 4.69) is 41.3 Å². The van der Waals surface area contributed by atoms with Crippen LogP contribution in [0, 0.1) is 13.8 Å². The normalized spacial score (nSPS) is 11.0. The van der Waals surface area contributed by atoms with Crippen LogP contribution in [0.5, 0.6) is 5.75 Å². The van der Waals surface area contributed by atoms with E-state index in [0.717, 1.165) is 34.4 Å². The fourth-order valence-corrected chi connectivity index (χ4v) is 3.00. The van der Waals surface area contributed by atoms with Crippen molar-refractivity contribution in [3.8, 4) is 5.75 Å². The van der Waals surface area contributed by atoms with E-state index >= 15 is 0 Å². The van der Waals surface area contributed by atoms with Gasteiger partial charge in [-0.05, 0) is 44.2 Å². The summed E-state index contributed by atoms with van der Waals surface area (Å²) in [5, 5.41) is 0. The van der Waals surface area contributed by atoms with Crippen molar-refractivity contribution < 1.29 is 4.74 Å². The third kappa shape index (κ3) is 3.03. The van der Waals surface area contributed by atoms with Gasteiger partial charge in [0.05, 0.1) is 12.8 Å². The third-order valence-electron chi connectivity index (χ3n) is 3.26. The van der Waals surface area contributed by atoms with Crippen molar-refractivity contribution >= 4 is 17.5 Å². The number of methoxy groups -OCH3 is 1. The largest absolute Gasteiger partial charge is 0.497 e. The first-order valence-electron chi connectivity index (χ1n) is 6.75. The highest BCUT2D eigenvalue weighted by molar-refractivity contribution is 7.98.